The molecule has 0 unspecified atom stereocenters. The van der Waals surface area contributed by atoms with Crippen LogP contribution in [0.5, 0.6) is 5.75 Å². The first-order valence-corrected chi connectivity index (χ1v) is 4.70. The highest BCUT2D eigenvalue weighted by molar-refractivity contribution is 5.36. The van der Waals surface area contributed by atoms with E-state index in [-0.39, 0.29) is 12.6 Å². The van der Waals surface area contributed by atoms with Gasteiger partial charge < -0.3 is 15.6 Å². The summed E-state index contributed by atoms with van der Waals surface area (Å²) >= 11 is 0. The van der Waals surface area contributed by atoms with Crippen LogP contribution in [0.4, 0.5) is 0 Å². The fraction of sp³-hybridized carbons (Fsp3) is 0.455. The summed E-state index contributed by atoms with van der Waals surface area (Å²) in [7, 11) is 1.63. The number of aryl methyl sites for hydroxylation is 1. The summed E-state index contributed by atoms with van der Waals surface area (Å²) in [6, 6.07) is 5.70. The van der Waals surface area contributed by atoms with Gasteiger partial charge >= 0.3 is 0 Å². The van der Waals surface area contributed by atoms with Crippen LogP contribution in [0.1, 0.15) is 23.6 Å². The monoisotopic (exact) mass is 195 g/mol. The van der Waals surface area contributed by atoms with E-state index in [0.717, 1.165) is 16.9 Å². The second kappa shape index (κ2) is 4.98. The second-order valence-corrected chi connectivity index (χ2v) is 3.34. The predicted molar refractivity (Wildman–Crippen MR) is 56.4 cm³/mol. The van der Waals surface area contributed by atoms with Gasteiger partial charge in [0.1, 0.15) is 5.75 Å². The average molecular weight is 195 g/mol. The SMILES string of the molecule is COc1ccc(C)c([C@H](N)CCO)c1. The number of aliphatic hydroxyl groups is 1. The summed E-state index contributed by atoms with van der Waals surface area (Å²) in [5.74, 6) is 0.805. The van der Waals surface area contributed by atoms with Crippen molar-refractivity contribution in [3.63, 3.8) is 0 Å². The maximum absolute atomic E-state index is 8.80. The molecule has 0 aliphatic heterocycles. The van der Waals surface area contributed by atoms with Crippen molar-refractivity contribution in [3.05, 3.63) is 29.3 Å². The van der Waals surface area contributed by atoms with Gasteiger partial charge in [-0.05, 0) is 36.6 Å². The molecule has 1 atom stereocenters. The zero-order valence-corrected chi connectivity index (χ0v) is 8.66. The van der Waals surface area contributed by atoms with E-state index in [1.807, 2.05) is 25.1 Å². The van der Waals surface area contributed by atoms with Crippen LogP contribution >= 0.6 is 0 Å². The highest BCUT2D eigenvalue weighted by Crippen LogP contribution is 2.23. The van der Waals surface area contributed by atoms with Gasteiger partial charge in [-0.1, -0.05) is 6.07 Å². The second-order valence-electron chi connectivity index (χ2n) is 3.34. The van der Waals surface area contributed by atoms with Gasteiger partial charge in [-0.2, -0.15) is 0 Å². The molecule has 1 aromatic rings. The van der Waals surface area contributed by atoms with E-state index in [1.165, 1.54) is 0 Å². The van der Waals surface area contributed by atoms with Crippen molar-refractivity contribution in [1.82, 2.24) is 0 Å². The van der Waals surface area contributed by atoms with Gasteiger partial charge in [0.05, 0.1) is 7.11 Å². The lowest BCUT2D eigenvalue weighted by Crippen LogP contribution is -2.13. The Balaban J connectivity index is 2.93. The highest BCUT2D eigenvalue weighted by atomic mass is 16.5. The Morgan fingerprint density at radius 2 is 2.21 bits per heavy atom. The van der Waals surface area contributed by atoms with Crippen molar-refractivity contribution in [3.8, 4) is 5.75 Å². The van der Waals surface area contributed by atoms with Crippen molar-refractivity contribution < 1.29 is 9.84 Å². The Hall–Kier alpha value is -1.06. The Labute approximate surface area is 84.5 Å². The third-order valence-corrected chi connectivity index (χ3v) is 2.33. The Bertz CT molecular complexity index is 299. The van der Waals surface area contributed by atoms with E-state index in [0.29, 0.717) is 6.42 Å². The van der Waals surface area contributed by atoms with Crippen LogP contribution in [0, 0.1) is 6.92 Å². The van der Waals surface area contributed by atoms with E-state index >= 15 is 0 Å². The first-order chi connectivity index (χ1) is 6.69. The zero-order valence-electron chi connectivity index (χ0n) is 8.66. The summed E-state index contributed by atoms with van der Waals surface area (Å²) in [5, 5.41) is 8.80. The van der Waals surface area contributed by atoms with Crippen LogP contribution in [0.3, 0.4) is 0 Å². The molecule has 3 N–H and O–H groups in total. The zero-order chi connectivity index (χ0) is 10.6. The lowest BCUT2D eigenvalue weighted by Gasteiger charge is -2.14. The number of aliphatic hydroxyl groups excluding tert-OH is 1. The molecule has 0 heterocycles. The molecule has 0 bridgehead atoms. The van der Waals surface area contributed by atoms with E-state index in [2.05, 4.69) is 0 Å². The van der Waals surface area contributed by atoms with E-state index in [4.69, 9.17) is 15.6 Å². The Kier molecular flexibility index (Phi) is 3.92. The van der Waals surface area contributed by atoms with Crippen molar-refractivity contribution >= 4 is 0 Å². The Morgan fingerprint density at radius 3 is 2.79 bits per heavy atom. The fourth-order valence-corrected chi connectivity index (χ4v) is 1.44. The van der Waals surface area contributed by atoms with Gasteiger partial charge in [0, 0.05) is 12.6 Å². The summed E-state index contributed by atoms with van der Waals surface area (Å²) in [4.78, 5) is 0. The molecule has 0 spiro atoms. The van der Waals surface area contributed by atoms with Crippen LogP contribution < -0.4 is 10.5 Å². The van der Waals surface area contributed by atoms with Gasteiger partial charge in [0.25, 0.3) is 0 Å². The number of hydrogen-bond acceptors (Lipinski definition) is 3. The highest BCUT2D eigenvalue weighted by Gasteiger charge is 2.09. The van der Waals surface area contributed by atoms with Gasteiger partial charge in [0.2, 0.25) is 0 Å². The first kappa shape index (κ1) is 11.0. The number of benzene rings is 1. The minimum atomic E-state index is -0.116. The largest absolute Gasteiger partial charge is 0.497 e. The van der Waals surface area contributed by atoms with Crippen LogP contribution in [0.25, 0.3) is 0 Å². The third kappa shape index (κ3) is 2.47. The molecule has 0 aromatic heterocycles. The van der Waals surface area contributed by atoms with Gasteiger partial charge in [0.15, 0.2) is 0 Å². The fourth-order valence-electron chi connectivity index (χ4n) is 1.44. The van der Waals surface area contributed by atoms with E-state index in [1.54, 1.807) is 7.11 Å². The van der Waals surface area contributed by atoms with Gasteiger partial charge in [-0.3, -0.25) is 0 Å². The predicted octanol–water partition coefficient (Wildman–Crippen LogP) is 1.39. The minimum absolute atomic E-state index is 0.109. The van der Waals surface area contributed by atoms with Gasteiger partial charge in [-0.15, -0.1) is 0 Å². The smallest absolute Gasteiger partial charge is 0.119 e. The number of ether oxygens (including phenoxy) is 1. The maximum atomic E-state index is 8.80. The summed E-state index contributed by atoms with van der Waals surface area (Å²) in [6.07, 6.45) is 0.577. The van der Waals surface area contributed by atoms with Crippen molar-refractivity contribution in [2.75, 3.05) is 13.7 Å². The van der Waals surface area contributed by atoms with Crippen LogP contribution in [0.2, 0.25) is 0 Å². The molecule has 3 heteroatoms. The number of nitrogens with two attached hydrogens (primary N) is 1. The summed E-state index contributed by atoms with van der Waals surface area (Å²) in [6.45, 7) is 2.11. The van der Waals surface area contributed by atoms with E-state index < -0.39 is 0 Å². The number of methoxy groups -OCH3 is 1. The quantitative estimate of drug-likeness (QED) is 0.763. The molecule has 0 aliphatic carbocycles. The topological polar surface area (TPSA) is 55.5 Å². The van der Waals surface area contributed by atoms with Crippen molar-refractivity contribution in [2.45, 2.75) is 19.4 Å². The summed E-state index contributed by atoms with van der Waals surface area (Å²) in [5.41, 5.74) is 8.09. The standard InChI is InChI=1S/C11H17NO2/c1-8-3-4-9(14-2)7-10(8)11(12)5-6-13/h3-4,7,11,13H,5-6,12H2,1-2H3/t11-/m1/s1. The lowest BCUT2D eigenvalue weighted by molar-refractivity contribution is 0.276. The molecular formula is C11H17NO2. The normalized spacial score (nSPS) is 12.6. The van der Waals surface area contributed by atoms with E-state index in [9.17, 15) is 0 Å². The van der Waals surface area contributed by atoms with Crippen LogP contribution in [-0.4, -0.2) is 18.8 Å². The van der Waals surface area contributed by atoms with Crippen molar-refractivity contribution in [1.29, 1.82) is 0 Å². The minimum Gasteiger partial charge on any atom is -0.497 e. The summed E-state index contributed by atoms with van der Waals surface area (Å²) < 4.78 is 5.12. The molecule has 78 valence electrons. The number of hydrogen-bond donors (Lipinski definition) is 2. The molecule has 0 radical (unpaired) electrons. The molecule has 0 aliphatic rings. The molecule has 1 rings (SSSR count). The van der Waals surface area contributed by atoms with Crippen molar-refractivity contribution in [2.24, 2.45) is 5.73 Å². The molecule has 3 nitrogen and oxygen atoms in total. The number of rotatable bonds is 4. The molecule has 0 fully saturated rings. The third-order valence-electron chi connectivity index (χ3n) is 2.33. The first-order valence-electron chi connectivity index (χ1n) is 4.70. The maximum Gasteiger partial charge on any atom is 0.119 e. The molecular weight excluding hydrogens is 178 g/mol. The van der Waals surface area contributed by atoms with Crippen LogP contribution in [-0.2, 0) is 0 Å². The molecule has 14 heavy (non-hydrogen) atoms. The lowest BCUT2D eigenvalue weighted by atomic mass is 9.99. The Morgan fingerprint density at radius 1 is 1.50 bits per heavy atom. The molecule has 0 saturated carbocycles. The van der Waals surface area contributed by atoms with Gasteiger partial charge in [-0.25, -0.2) is 0 Å². The van der Waals surface area contributed by atoms with Crippen LogP contribution in [0.15, 0.2) is 18.2 Å². The molecule has 0 saturated heterocycles. The molecule has 1 aromatic carbocycles. The average Bonchev–Trinajstić information content (AvgIpc) is 2.19. The molecule has 0 amide bonds.